The van der Waals surface area contributed by atoms with Gasteiger partial charge in [0.1, 0.15) is 6.54 Å². The van der Waals surface area contributed by atoms with Crippen molar-refractivity contribution in [1.82, 2.24) is 0 Å². The minimum absolute atomic E-state index is 0.622. The molecule has 5 nitrogen and oxygen atoms in total. The second kappa shape index (κ2) is 11.9. The Morgan fingerprint density at radius 1 is 0.613 bits per heavy atom. The minimum atomic E-state index is 0.622. The summed E-state index contributed by atoms with van der Waals surface area (Å²) in [5.74, 6) is 3.09. The Hall–Kier alpha value is -3.18. The molecule has 0 bridgehead atoms. The highest BCUT2D eigenvalue weighted by Gasteiger charge is 2.08. The number of hydrogen-bond donors (Lipinski definition) is 1. The molecule has 3 aromatic carbocycles. The van der Waals surface area contributed by atoms with Crippen LogP contribution in [-0.4, -0.2) is 34.5 Å². The van der Waals surface area contributed by atoms with Crippen LogP contribution in [0, 0.1) is 0 Å². The predicted molar refractivity (Wildman–Crippen MR) is 122 cm³/mol. The standard InChI is InChI=1S/C26H31NO4/c1-28-23-11-9-21(17-25(23)29-2)13-15-27-19-22-10-12-24(26(18-22)30-3)31-16-14-20-7-5-4-6-8-20/h4-12,17-18,27H,13-16,19H2,1-3H3/p+1. The molecule has 164 valence electrons. The van der Waals surface area contributed by atoms with Crippen LogP contribution >= 0.6 is 0 Å². The fourth-order valence-corrected chi connectivity index (χ4v) is 3.46. The van der Waals surface area contributed by atoms with Gasteiger partial charge < -0.3 is 24.3 Å². The van der Waals surface area contributed by atoms with Crippen LogP contribution < -0.4 is 24.3 Å². The molecule has 0 aromatic heterocycles. The van der Waals surface area contributed by atoms with Crippen LogP contribution in [0.25, 0.3) is 0 Å². The first-order valence-electron chi connectivity index (χ1n) is 10.6. The summed E-state index contributed by atoms with van der Waals surface area (Å²) in [6, 6.07) is 22.6. The number of nitrogens with two attached hydrogens (primary N) is 1. The van der Waals surface area contributed by atoms with E-state index in [9.17, 15) is 0 Å². The van der Waals surface area contributed by atoms with Gasteiger partial charge in [-0.25, -0.2) is 0 Å². The van der Waals surface area contributed by atoms with Crippen LogP contribution in [0.5, 0.6) is 23.0 Å². The summed E-state index contributed by atoms with van der Waals surface area (Å²) >= 11 is 0. The zero-order valence-electron chi connectivity index (χ0n) is 18.6. The van der Waals surface area contributed by atoms with E-state index in [2.05, 4.69) is 35.6 Å². The van der Waals surface area contributed by atoms with Crippen molar-refractivity contribution in [3.63, 3.8) is 0 Å². The van der Waals surface area contributed by atoms with Crippen molar-refractivity contribution in [1.29, 1.82) is 0 Å². The first-order valence-corrected chi connectivity index (χ1v) is 10.6. The lowest BCUT2D eigenvalue weighted by Gasteiger charge is -2.12. The minimum Gasteiger partial charge on any atom is -0.493 e. The summed E-state index contributed by atoms with van der Waals surface area (Å²) in [5, 5.41) is 2.29. The van der Waals surface area contributed by atoms with E-state index in [1.54, 1.807) is 21.3 Å². The molecule has 2 N–H and O–H groups in total. The van der Waals surface area contributed by atoms with Crippen molar-refractivity contribution in [3.05, 3.63) is 83.4 Å². The molecule has 0 saturated heterocycles. The van der Waals surface area contributed by atoms with E-state index in [0.717, 1.165) is 48.9 Å². The first kappa shape index (κ1) is 22.5. The molecule has 3 rings (SSSR count). The Balaban J connectivity index is 1.47. The van der Waals surface area contributed by atoms with Crippen molar-refractivity contribution in [2.75, 3.05) is 34.5 Å². The molecule has 0 aliphatic carbocycles. The Morgan fingerprint density at radius 2 is 1.26 bits per heavy atom. The fourth-order valence-electron chi connectivity index (χ4n) is 3.46. The van der Waals surface area contributed by atoms with Crippen molar-refractivity contribution in [2.24, 2.45) is 0 Å². The van der Waals surface area contributed by atoms with Crippen molar-refractivity contribution in [3.8, 4) is 23.0 Å². The lowest BCUT2D eigenvalue weighted by Crippen LogP contribution is -2.83. The lowest BCUT2D eigenvalue weighted by atomic mass is 10.1. The molecule has 3 aromatic rings. The first-order chi connectivity index (χ1) is 15.2. The Kier molecular flexibility index (Phi) is 8.61. The molecular formula is C26H32NO4+. The summed E-state index contributed by atoms with van der Waals surface area (Å²) in [5.41, 5.74) is 3.70. The second-order valence-electron chi connectivity index (χ2n) is 7.29. The van der Waals surface area contributed by atoms with Crippen molar-refractivity contribution in [2.45, 2.75) is 19.4 Å². The molecule has 0 amide bonds. The molecule has 0 heterocycles. The van der Waals surface area contributed by atoms with Gasteiger partial charge in [0.05, 0.1) is 34.5 Å². The smallest absolute Gasteiger partial charge is 0.161 e. The maximum atomic E-state index is 5.95. The third-order valence-corrected chi connectivity index (χ3v) is 5.18. The molecule has 0 unspecified atom stereocenters. The van der Waals surface area contributed by atoms with Gasteiger partial charge in [-0.2, -0.15) is 0 Å². The van der Waals surface area contributed by atoms with E-state index in [4.69, 9.17) is 18.9 Å². The zero-order valence-corrected chi connectivity index (χ0v) is 18.6. The van der Waals surface area contributed by atoms with E-state index in [0.29, 0.717) is 6.61 Å². The van der Waals surface area contributed by atoms with Crippen molar-refractivity contribution < 1.29 is 24.3 Å². The van der Waals surface area contributed by atoms with Gasteiger partial charge >= 0.3 is 0 Å². The molecule has 0 fully saturated rings. The zero-order chi connectivity index (χ0) is 21.9. The molecule has 31 heavy (non-hydrogen) atoms. The summed E-state index contributed by atoms with van der Waals surface area (Å²) in [7, 11) is 5.00. The predicted octanol–water partition coefficient (Wildman–Crippen LogP) is 3.64. The molecule has 0 saturated carbocycles. The van der Waals surface area contributed by atoms with E-state index in [1.807, 2.05) is 36.4 Å². The number of benzene rings is 3. The largest absolute Gasteiger partial charge is 0.493 e. The van der Waals surface area contributed by atoms with Crippen molar-refractivity contribution >= 4 is 0 Å². The summed E-state index contributed by atoms with van der Waals surface area (Å²) in [6.07, 6.45) is 1.83. The third-order valence-electron chi connectivity index (χ3n) is 5.18. The lowest BCUT2D eigenvalue weighted by molar-refractivity contribution is -0.670. The fraction of sp³-hybridized carbons (Fsp3) is 0.308. The molecular weight excluding hydrogens is 390 g/mol. The van der Waals surface area contributed by atoms with Crippen LogP contribution in [0.2, 0.25) is 0 Å². The van der Waals surface area contributed by atoms with Crippen LogP contribution in [-0.2, 0) is 19.4 Å². The number of methoxy groups -OCH3 is 3. The SMILES string of the molecule is COc1ccc(CC[NH2+]Cc2ccc(OCCc3ccccc3)c(OC)c2)cc1OC. The van der Waals surface area contributed by atoms with Gasteiger partial charge in [-0.3, -0.25) is 0 Å². The van der Waals surface area contributed by atoms with Crippen LogP contribution in [0.1, 0.15) is 16.7 Å². The summed E-state index contributed by atoms with van der Waals surface area (Å²) < 4.78 is 22.2. The van der Waals surface area contributed by atoms with Gasteiger partial charge in [0, 0.05) is 18.4 Å². The molecule has 0 aliphatic rings. The Morgan fingerprint density at radius 3 is 2.00 bits per heavy atom. The van der Waals surface area contributed by atoms with Crippen LogP contribution in [0.3, 0.4) is 0 Å². The van der Waals surface area contributed by atoms with Gasteiger partial charge in [0.2, 0.25) is 0 Å². The maximum Gasteiger partial charge on any atom is 0.161 e. The summed E-state index contributed by atoms with van der Waals surface area (Å²) in [4.78, 5) is 0. The van der Waals surface area contributed by atoms with E-state index < -0.39 is 0 Å². The number of hydrogen-bond acceptors (Lipinski definition) is 4. The molecule has 0 radical (unpaired) electrons. The van der Waals surface area contributed by atoms with E-state index in [1.165, 1.54) is 16.7 Å². The van der Waals surface area contributed by atoms with Gasteiger partial charge in [0.25, 0.3) is 0 Å². The highest BCUT2D eigenvalue weighted by atomic mass is 16.5. The van der Waals surface area contributed by atoms with Crippen LogP contribution in [0.4, 0.5) is 0 Å². The summed E-state index contributed by atoms with van der Waals surface area (Å²) in [6.45, 7) is 2.48. The van der Waals surface area contributed by atoms with Gasteiger partial charge in [-0.05, 0) is 41.5 Å². The van der Waals surface area contributed by atoms with E-state index >= 15 is 0 Å². The van der Waals surface area contributed by atoms with Gasteiger partial charge in [-0.15, -0.1) is 0 Å². The normalized spacial score (nSPS) is 10.5. The Bertz CT molecular complexity index is 943. The topological polar surface area (TPSA) is 53.5 Å². The maximum absolute atomic E-state index is 5.95. The molecule has 0 atom stereocenters. The number of rotatable bonds is 12. The van der Waals surface area contributed by atoms with Crippen LogP contribution in [0.15, 0.2) is 66.7 Å². The highest BCUT2D eigenvalue weighted by molar-refractivity contribution is 5.43. The monoisotopic (exact) mass is 422 g/mol. The van der Waals surface area contributed by atoms with Gasteiger partial charge in [0.15, 0.2) is 23.0 Å². The average Bonchev–Trinajstić information content (AvgIpc) is 2.82. The quantitative estimate of drug-likeness (QED) is 0.453. The number of quaternary nitrogens is 1. The number of ether oxygens (including phenoxy) is 4. The van der Waals surface area contributed by atoms with Gasteiger partial charge in [-0.1, -0.05) is 36.4 Å². The average molecular weight is 423 g/mol. The third kappa shape index (κ3) is 6.66. The highest BCUT2D eigenvalue weighted by Crippen LogP contribution is 2.28. The molecule has 5 heteroatoms. The molecule has 0 spiro atoms. The van der Waals surface area contributed by atoms with E-state index in [-0.39, 0.29) is 0 Å². The Labute approximate surface area is 184 Å². The molecule has 0 aliphatic heterocycles. The second-order valence-corrected chi connectivity index (χ2v) is 7.29.